The summed E-state index contributed by atoms with van der Waals surface area (Å²) in [5.74, 6) is 0.948. The second-order valence-corrected chi connectivity index (χ2v) is 5.95. The van der Waals surface area contributed by atoms with Crippen molar-refractivity contribution < 1.29 is 4.74 Å². The highest BCUT2D eigenvalue weighted by Gasteiger charge is 2.10. The van der Waals surface area contributed by atoms with E-state index in [2.05, 4.69) is 60.5 Å². The number of benzene rings is 2. The van der Waals surface area contributed by atoms with E-state index in [1.807, 2.05) is 0 Å². The number of anilines is 1. The Morgan fingerprint density at radius 2 is 1.81 bits per heavy atom. The van der Waals surface area contributed by atoms with Crippen LogP contribution in [0.25, 0.3) is 10.8 Å². The maximum atomic E-state index is 5.77. The SMILES string of the molecule is CC(C)Oc1ccc2cc(N3CCCNCC3)ccc2c1. The summed E-state index contributed by atoms with van der Waals surface area (Å²) in [5.41, 5.74) is 1.32. The Balaban J connectivity index is 1.86. The van der Waals surface area contributed by atoms with Gasteiger partial charge in [0.1, 0.15) is 5.75 Å². The number of rotatable bonds is 3. The molecule has 0 unspecified atom stereocenters. The molecule has 21 heavy (non-hydrogen) atoms. The molecule has 1 fully saturated rings. The monoisotopic (exact) mass is 284 g/mol. The van der Waals surface area contributed by atoms with Gasteiger partial charge in [-0.2, -0.15) is 0 Å². The summed E-state index contributed by atoms with van der Waals surface area (Å²) in [6.07, 6.45) is 1.42. The molecule has 1 heterocycles. The molecule has 0 aromatic heterocycles. The molecule has 1 saturated heterocycles. The minimum atomic E-state index is 0.214. The van der Waals surface area contributed by atoms with Gasteiger partial charge in [0.05, 0.1) is 6.10 Å². The zero-order valence-corrected chi connectivity index (χ0v) is 12.9. The topological polar surface area (TPSA) is 24.5 Å². The molecule has 3 heteroatoms. The van der Waals surface area contributed by atoms with Gasteiger partial charge in [-0.15, -0.1) is 0 Å². The van der Waals surface area contributed by atoms with Crippen molar-refractivity contribution in [2.24, 2.45) is 0 Å². The van der Waals surface area contributed by atoms with Gasteiger partial charge in [0.25, 0.3) is 0 Å². The first-order valence-corrected chi connectivity index (χ1v) is 7.88. The Kier molecular flexibility index (Phi) is 4.30. The first kappa shape index (κ1) is 14.2. The molecular formula is C18H24N2O. The predicted molar refractivity (Wildman–Crippen MR) is 89.4 cm³/mol. The van der Waals surface area contributed by atoms with Crippen LogP contribution in [0.15, 0.2) is 36.4 Å². The largest absolute Gasteiger partial charge is 0.491 e. The van der Waals surface area contributed by atoms with Crippen molar-refractivity contribution in [2.75, 3.05) is 31.1 Å². The van der Waals surface area contributed by atoms with Crippen molar-refractivity contribution in [1.29, 1.82) is 0 Å². The Hall–Kier alpha value is -1.74. The normalized spacial score (nSPS) is 16.2. The number of hydrogen-bond acceptors (Lipinski definition) is 3. The van der Waals surface area contributed by atoms with Crippen LogP contribution in [0.5, 0.6) is 5.75 Å². The molecule has 1 aliphatic heterocycles. The summed E-state index contributed by atoms with van der Waals surface area (Å²) in [4.78, 5) is 2.47. The fraction of sp³-hybridized carbons (Fsp3) is 0.444. The van der Waals surface area contributed by atoms with Gasteiger partial charge < -0.3 is 15.0 Å². The summed E-state index contributed by atoms with van der Waals surface area (Å²) < 4.78 is 5.77. The minimum absolute atomic E-state index is 0.214. The quantitative estimate of drug-likeness (QED) is 0.934. The number of nitrogens with zero attached hydrogens (tertiary/aromatic N) is 1. The first-order chi connectivity index (χ1) is 10.2. The summed E-state index contributed by atoms with van der Waals surface area (Å²) in [6, 6.07) is 13.1. The zero-order valence-electron chi connectivity index (χ0n) is 12.9. The summed E-state index contributed by atoms with van der Waals surface area (Å²) in [7, 11) is 0. The summed E-state index contributed by atoms with van der Waals surface area (Å²) in [6.45, 7) is 8.52. The third-order valence-electron chi connectivity index (χ3n) is 3.87. The third-order valence-corrected chi connectivity index (χ3v) is 3.87. The van der Waals surface area contributed by atoms with E-state index in [1.165, 1.54) is 22.9 Å². The highest BCUT2D eigenvalue weighted by molar-refractivity contribution is 5.87. The molecule has 0 radical (unpaired) electrons. The standard InChI is InChI=1S/C18H24N2O/c1-14(2)21-18-7-5-15-12-17(6-4-16(15)13-18)20-10-3-8-19-9-11-20/h4-7,12-14,19H,3,8-11H2,1-2H3. The lowest BCUT2D eigenvalue weighted by Gasteiger charge is -2.22. The predicted octanol–water partition coefficient (Wildman–Crippen LogP) is 3.43. The third kappa shape index (κ3) is 3.48. The van der Waals surface area contributed by atoms with E-state index < -0.39 is 0 Å². The van der Waals surface area contributed by atoms with Crippen molar-refractivity contribution in [3.8, 4) is 5.75 Å². The number of hydrogen-bond donors (Lipinski definition) is 1. The lowest BCUT2D eigenvalue weighted by molar-refractivity contribution is 0.243. The minimum Gasteiger partial charge on any atom is -0.491 e. The van der Waals surface area contributed by atoms with Crippen molar-refractivity contribution in [3.63, 3.8) is 0 Å². The van der Waals surface area contributed by atoms with Crippen LogP contribution in [-0.2, 0) is 0 Å². The van der Waals surface area contributed by atoms with Gasteiger partial charge in [-0.3, -0.25) is 0 Å². The fourth-order valence-electron chi connectivity index (χ4n) is 2.86. The van der Waals surface area contributed by atoms with E-state index in [1.54, 1.807) is 0 Å². The van der Waals surface area contributed by atoms with Crippen molar-refractivity contribution in [3.05, 3.63) is 36.4 Å². The summed E-state index contributed by atoms with van der Waals surface area (Å²) in [5, 5.41) is 5.97. The van der Waals surface area contributed by atoms with E-state index in [0.717, 1.165) is 31.9 Å². The Labute approximate surface area is 126 Å². The number of fused-ring (bicyclic) bond motifs is 1. The number of nitrogens with one attached hydrogen (secondary N) is 1. The smallest absolute Gasteiger partial charge is 0.120 e. The summed E-state index contributed by atoms with van der Waals surface area (Å²) >= 11 is 0. The molecule has 0 aliphatic carbocycles. The van der Waals surface area contributed by atoms with Crippen LogP contribution in [0.2, 0.25) is 0 Å². The second kappa shape index (κ2) is 6.35. The van der Waals surface area contributed by atoms with Crippen molar-refractivity contribution in [2.45, 2.75) is 26.4 Å². The first-order valence-electron chi connectivity index (χ1n) is 7.88. The number of ether oxygens (including phenoxy) is 1. The Bertz CT molecular complexity index is 601. The van der Waals surface area contributed by atoms with Gasteiger partial charge in [-0.1, -0.05) is 12.1 Å². The van der Waals surface area contributed by atoms with Crippen molar-refractivity contribution in [1.82, 2.24) is 5.32 Å². The fourth-order valence-corrected chi connectivity index (χ4v) is 2.86. The lowest BCUT2D eigenvalue weighted by atomic mass is 10.1. The average molecular weight is 284 g/mol. The van der Waals surface area contributed by atoms with E-state index in [4.69, 9.17) is 4.74 Å². The van der Waals surface area contributed by atoms with Crippen LogP contribution < -0.4 is 15.0 Å². The second-order valence-electron chi connectivity index (χ2n) is 5.95. The van der Waals surface area contributed by atoms with Gasteiger partial charge >= 0.3 is 0 Å². The molecule has 2 aromatic carbocycles. The van der Waals surface area contributed by atoms with Gasteiger partial charge in [-0.05, 0) is 61.9 Å². The molecule has 112 valence electrons. The van der Waals surface area contributed by atoms with E-state index in [0.29, 0.717) is 0 Å². The molecule has 1 aliphatic rings. The van der Waals surface area contributed by atoms with E-state index in [-0.39, 0.29) is 6.10 Å². The molecule has 1 N–H and O–H groups in total. The van der Waals surface area contributed by atoms with E-state index >= 15 is 0 Å². The van der Waals surface area contributed by atoms with Gasteiger partial charge in [0.15, 0.2) is 0 Å². The maximum Gasteiger partial charge on any atom is 0.120 e. The lowest BCUT2D eigenvalue weighted by Crippen LogP contribution is -2.27. The molecule has 0 atom stereocenters. The maximum absolute atomic E-state index is 5.77. The molecule has 0 spiro atoms. The van der Waals surface area contributed by atoms with Crippen LogP contribution in [0, 0.1) is 0 Å². The molecule has 3 nitrogen and oxygen atoms in total. The van der Waals surface area contributed by atoms with E-state index in [9.17, 15) is 0 Å². The molecule has 0 bridgehead atoms. The highest BCUT2D eigenvalue weighted by Crippen LogP contribution is 2.26. The van der Waals surface area contributed by atoms with Gasteiger partial charge in [-0.25, -0.2) is 0 Å². The average Bonchev–Trinajstić information content (AvgIpc) is 2.75. The van der Waals surface area contributed by atoms with Crippen LogP contribution in [0.4, 0.5) is 5.69 Å². The van der Waals surface area contributed by atoms with Crippen LogP contribution in [-0.4, -0.2) is 32.3 Å². The molecule has 3 rings (SSSR count). The Morgan fingerprint density at radius 1 is 1.00 bits per heavy atom. The van der Waals surface area contributed by atoms with Gasteiger partial charge in [0.2, 0.25) is 0 Å². The van der Waals surface area contributed by atoms with Crippen LogP contribution >= 0.6 is 0 Å². The van der Waals surface area contributed by atoms with Gasteiger partial charge in [0, 0.05) is 25.3 Å². The molecular weight excluding hydrogens is 260 g/mol. The van der Waals surface area contributed by atoms with Crippen LogP contribution in [0.1, 0.15) is 20.3 Å². The Morgan fingerprint density at radius 3 is 2.67 bits per heavy atom. The molecule has 2 aromatic rings. The van der Waals surface area contributed by atoms with Crippen LogP contribution in [0.3, 0.4) is 0 Å². The van der Waals surface area contributed by atoms with Crippen molar-refractivity contribution >= 4 is 16.5 Å². The zero-order chi connectivity index (χ0) is 14.7. The molecule has 0 amide bonds. The highest BCUT2D eigenvalue weighted by atomic mass is 16.5. The molecule has 0 saturated carbocycles.